The third-order valence-corrected chi connectivity index (χ3v) is 7.76. The van der Waals surface area contributed by atoms with E-state index in [0.717, 1.165) is 36.3 Å². The van der Waals surface area contributed by atoms with Crippen LogP contribution in [0.25, 0.3) is 16.8 Å². The molecule has 2 aliphatic rings. The number of nitrogens with zero attached hydrogens (tertiary/aromatic N) is 5. The summed E-state index contributed by atoms with van der Waals surface area (Å²) in [5.74, 6) is 2.32. The number of carbonyl (C=O) groups is 2. The number of nitrogen functional groups attached to an aromatic ring is 1. The Bertz CT molecular complexity index is 1540. The second-order valence-corrected chi connectivity index (χ2v) is 10.6. The Morgan fingerprint density at radius 2 is 1.90 bits per heavy atom. The summed E-state index contributed by atoms with van der Waals surface area (Å²) < 4.78 is 7.08. The zero-order valence-electron chi connectivity index (χ0n) is 22.5. The summed E-state index contributed by atoms with van der Waals surface area (Å²) in [5.41, 5.74) is 10.3. The van der Waals surface area contributed by atoms with E-state index in [0.29, 0.717) is 48.4 Å². The van der Waals surface area contributed by atoms with Gasteiger partial charge < -0.3 is 20.7 Å². The molecule has 6 rings (SSSR count). The number of benzene rings is 1. The van der Waals surface area contributed by atoms with Crippen LogP contribution in [0.15, 0.2) is 55.0 Å². The number of nitrogens with two attached hydrogens (primary N) is 1. The number of carbonyl (C=O) groups excluding carboxylic acids is 2. The minimum Gasteiger partial charge on any atom is -0.384 e. The molecule has 3 aromatic heterocycles. The monoisotopic (exact) mass is 539 g/mol. The van der Waals surface area contributed by atoms with Crippen molar-refractivity contribution in [2.75, 3.05) is 37.9 Å². The van der Waals surface area contributed by atoms with Gasteiger partial charge >= 0.3 is 0 Å². The number of likely N-dealkylation sites (tertiary alicyclic amines) is 1. The van der Waals surface area contributed by atoms with E-state index in [1.165, 1.54) is 18.4 Å². The molecule has 0 bridgehead atoms. The van der Waals surface area contributed by atoms with Gasteiger partial charge in [0.1, 0.15) is 28.7 Å². The summed E-state index contributed by atoms with van der Waals surface area (Å²) >= 11 is 0. The van der Waals surface area contributed by atoms with Gasteiger partial charge in [-0.3, -0.25) is 14.0 Å². The number of amides is 2. The molecule has 2 amide bonds. The normalized spacial score (nSPS) is 17.2. The molecular formula is C30H33N7O3. The van der Waals surface area contributed by atoms with Crippen LogP contribution in [0.1, 0.15) is 65.7 Å². The van der Waals surface area contributed by atoms with E-state index in [9.17, 15) is 9.59 Å². The van der Waals surface area contributed by atoms with Crippen LogP contribution < -0.4 is 11.1 Å². The van der Waals surface area contributed by atoms with Gasteiger partial charge in [-0.15, -0.1) is 0 Å². The Kier molecular flexibility index (Phi) is 7.17. The fraction of sp³-hybridized carbons (Fsp3) is 0.367. The van der Waals surface area contributed by atoms with Crippen molar-refractivity contribution in [2.45, 2.75) is 43.9 Å². The van der Waals surface area contributed by atoms with Crippen LogP contribution in [0.3, 0.4) is 0 Å². The summed E-state index contributed by atoms with van der Waals surface area (Å²) in [6, 6.07) is 11.3. The predicted molar refractivity (Wildman–Crippen MR) is 152 cm³/mol. The van der Waals surface area contributed by atoms with Gasteiger partial charge in [-0.2, -0.15) is 0 Å². The van der Waals surface area contributed by atoms with E-state index in [-0.39, 0.29) is 17.7 Å². The van der Waals surface area contributed by atoms with E-state index >= 15 is 0 Å². The number of nitrogens with one attached hydrogen (secondary N) is 1. The van der Waals surface area contributed by atoms with Gasteiger partial charge in [0.2, 0.25) is 5.91 Å². The molecule has 206 valence electrons. The van der Waals surface area contributed by atoms with Crippen molar-refractivity contribution in [3.8, 4) is 11.3 Å². The Morgan fingerprint density at radius 3 is 2.67 bits per heavy atom. The molecule has 3 N–H and O–H groups in total. The summed E-state index contributed by atoms with van der Waals surface area (Å²) in [6.07, 6.45) is 9.85. The highest BCUT2D eigenvalue weighted by molar-refractivity contribution is 6.04. The van der Waals surface area contributed by atoms with Crippen LogP contribution in [0.4, 0.5) is 11.6 Å². The van der Waals surface area contributed by atoms with Crippen LogP contribution in [0.2, 0.25) is 0 Å². The lowest BCUT2D eigenvalue weighted by molar-refractivity contribution is -0.133. The van der Waals surface area contributed by atoms with Gasteiger partial charge in [-0.05, 0) is 61.4 Å². The molecule has 2 fully saturated rings. The number of anilines is 2. The maximum absolute atomic E-state index is 12.9. The van der Waals surface area contributed by atoms with Gasteiger partial charge in [0.05, 0.1) is 13.0 Å². The van der Waals surface area contributed by atoms with Gasteiger partial charge in [0.15, 0.2) is 0 Å². The fourth-order valence-corrected chi connectivity index (χ4v) is 5.49. The molecule has 4 aromatic rings. The molecule has 1 saturated carbocycles. The van der Waals surface area contributed by atoms with E-state index < -0.39 is 0 Å². The first-order valence-electron chi connectivity index (χ1n) is 13.8. The lowest BCUT2D eigenvalue weighted by atomic mass is 9.97. The Labute approximate surface area is 232 Å². The van der Waals surface area contributed by atoms with Crippen LogP contribution in [-0.4, -0.2) is 62.9 Å². The van der Waals surface area contributed by atoms with Crippen LogP contribution in [0, 0.1) is 0 Å². The minimum absolute atomic E-state index is 0.0623. The quantitative estimate of drug-likeness (QED) is 0.343. The molecule has 4 heterocycles. The van der Waals surface area contributed by atoms with Gasteiger partial charge in [0, 0.05) is 55.8 Å². The Hall–Kier alpha value is -4.31. The second kappa shape index (κ2) is 11.1. The molecule has 0 radical (unpaired) electrons. The lowest BCUT2D eigenvalue weighted by Gasteiger charge is -2.32. The maximum atomic E-state index is 12.9. The lowest BCUT2D eigenvalue weighted by Crippen LogP contribution is -2.39. The molecule has 1 aliphatic carbocycles. The summed E-state index contributed by atoms with van der Waals surface area (Å²) in [7, 11) is 1.60. The number of fused-ring (bicyclic) bond motifs is 1. The zero-order chi connectivity index (χ0) is 27.6. The number of methoxy groups -OCH3 is 1. The smallest absolute Gasteiger partial charge is 0.256 e. The van der Waals surface area contributed by atoms with E-state index in [1.807, 2.05) is 39.8 Å². The third-order valence-electron chi connectivity index (χ3n) is 7.76. The number of aromatic nitrogens is 4. The van der Waals surface area contributed by atoms with E-state index in [2.05, 4.69) is 15.3 Å². The van der Waals surface area contributed by atoms with Gasteiger partial charge in [0.25, 0.3) is 5.91 Å². The number of rotatable bonds is 8. The molecule has 1 saturated heterocycles. The Morgan fingerprint density at radius 1 is 1.07 bits per heavy atom. The highest BCUT2D eigenvalue weighted by atomic mass is 16.5. The molecule has 40 heavy (non-hydrogen) atoms. The first-order chi connectivity index (χ1) is 19.5. The van der Waals surface area contributed by atoms with Crippen molar-refractivity contribution in [2.24, 2.45) is 0 Å². The highest BCUT2D eigenvalue weighted by Gasteiger charge is 2.29. The summed E-state index contributed by atoms with van der Waals surface area (Å²) in [4.78, 5) is 41.2. The van der Waals surface area contributed by atoms with Crippen molar-refractivity contribution in [1.29, 1.82) is 0 Å². The number of pyridine rings is 1. The predicted octanol–water partition coefficient (Wildman–Crippen LogP) is 4.25. The zero-order valence-corrected chi connectivity index (χ0v) is 22.5. The molecule has 1 aliphatic heterocycles. The largest absolute Gasteiger partial charge is 0.384 e. The number of imidazole rings is 1. The molecule has 1 aromatic carbocycles. The SMILES string of the molecule is COCCC(=O)N1CCCC(c2nc(-c3ccc(C(=O)Nc4cc(C5CC5)ccn4)cc3)c3c(N)nccn23)C1. The number of hydrogen-bond donors (Lipinski definition) is 2. The molecule has 1 atom stereocenters. The highest BCUT2D eigenvalue weighted by Crippen LogP contribution is 2.40. The first kappa shape index (κ1) is 25.9. The van der Waals surface area contributed by atoms with Gasteiger partial charge in [-0.1, -0.05) is 12.1 Å². The van der Waals surface area contributed by atoms with Crippen LogP contribution in [0.5, 0.6) is 0 Å². The van der Waals surface area contributed by atoms with Crippen molar-refractivity contribution in [1.82, 2.24) is 24.3 Å². The standard InChI is InChI=1S/C30H33N7O3/c1-40-16-11-25(38)36-14-2-3-23(18-36)29-35-26(27-28(31)33-13-15-37(27)29)20-6-8-21(9-7-20)30(39)34-24-17-22(10-12-32-24)19-4-5-19/h6-10,12-13,15,17,19,23H,2-5,11,14,16,18H2,1H3,(H2,31,33)(H,32,34,39). The topological polar surface area (TPSA) is 128 Å². The van der Waals surface area contributed by atoms with Crippen molar-refractivity contribution < 1.29 is 14.3 Å². The van der Waals surface area contributed by atoms with Crippen molar-refractivity contribution in [3.63, 3.8) is 0 Å². The summed E-state index contributed by atoms with van der Waals surface area (Å²) in [5, 5.41) is 2.91. The maximum Gasteiger partial charge on any atom is 0.256 e. The molecular weight excluding hydrogens is 506 g/mol. The van der Waals surface area contributed by atoms with Crippen molar-refractivity contribution in [3.05, 3.63) is 71.9 Å². The average Bonchev–Trinajstić information content (AvgIpc) is 3.76. The molecule has 10 heteroatoms. The van der Waals surface area contributed by atoms with Crippen LogP contribution >= 0.6 is 0 Å². The number of hydrogen-bond acceptors (Lipinski definition) is 7. The van der Waals surface area contributed by atoms with E-state index in [4.69, 9.17) is 15.5 Å². The third kappa shape index (κ3) is 5.27. The molecule has 10 nitrogen and oxygen atoms in total. The van der Waals surface area contributed by atoms with Crippen molar-refractivity contribution >= 4 is 29.0 Å². The average molecular weight is 540 g/mol. The summed E-state index contributed by atoms with van der Waals surface area (Å²) in [6.45, 7) is 1.75. The Balaban J connectivity index is 1.25. The minimum atomic E-state index is -0.219. The number of piperidine rings is 1. The van der Waals surface area contributed by atoms with Crippen LogP contribution in [-0.2, 0) is 9.53 Å². The van der Waals surface area contributed by atoms with E-state index in [1.54, 1.807) is 31.6 Å². The van der Waals surface area contributed by atoms with Gasteiger partial charge in [-0.25, -0.2) is 15.0 Å². The number of ether oxygens (including phenoxy) is 1. The fourth-order valence-electron chi connectivity index (χ4n) is 5.49. The molecule has 1 unspecified atom stereocenters. The molecule has 0 spiro atoms. The second-order valence-electron chi connectivity index (χ2n) is 10.6. The first-order valence-corrected chi connectivity index (χ1v) is 13.8.